The highest BCUT2D eigenvalue weighted by Crippen LogP contribution is 2.24. The molecule has 0 bridgehead atoms. The Morgan fingerprint density at radius 3 is 2.35 bits per heavy atom. The third-order valence-electron chi connectivity index (χ3n) is 4.27. The average molecular weight is 242 g/mol. The molecule has 4 heteroatoms. The number of aliphatic carboxylic acids is 1. The summed E-state index contributed by atoms with van der Waals surface area (Å²) in [5.74, 6) is -0.766. The van der Waals surface area contributed by atoms with Crippen LogP contribution in [0.5, 0.6) is 0 Å². The van der Waals surface area contributed by atoms with Crippen molar-refractivity contribution in [3.8, 4) is 0 Å². The predicted molar refractivity (Wildman–Crippen MR) is 69.2 cm³/mol. The van der Waals surface area contributed by atoms with Gasteiger partial charge in [-0.15, -0.1) is 0 Å². The number of carboxylic acid groups (broad SMARTS) is 1. The van der Waals surface area contributed by atoms with Crippen LogP contribution in [0.3, 0.4) is 0 Å². The Hall–Kier alpha value is -0.610. The smallest absolute Gasteiger partial charge is 0.323 e. The van der Waals surface area contributed by atoms with E-state index in [1.807, 2.05) is 0 Å². The molecule has 3 atom stereocenters. The summed E-state index contributed by atoms with van der Waals surface area (Å²) in [5.41, 5.74) is -0.809. The van der Waals surface area contributed by atoms with Crippen LogP contribution in [0, 0.1) is 0 Å². The predicted octanol–water partition coefficient (Wildman–Crippen LogP) is 1.70. The van der Waals surface area contributed by atoms with E-state index in [2.05, 4.69) is 24.1 Å². The molecule has 1 aliphatic heterocycles. The lowest BCUT2D eigenvalue weighted by atomic mass is 9.93. The topological polar surface area (TPSA) is 52.6 Å². The van der Waals surface area contributed by atoms with E-state index < -0.39 is 11.5 Å². The fourth-order valence-electron chi connectivity index (χ4n) is 2.61. The fourth-order valence-corrected chi connectivity index (χ4v) is 2.61. The van der Waals surface area contributed by atoms with Gasteiger partial charge in [0, 0.05) is 18.6 Å². The molecular weight excluding hydrogens is 216 g/mol. The number of nitrogens with one attached hydrogen (secondary N) is 1. The van der Waals surface area contributed by atoms with Crippen molar-refractivity contribution in [2.45, 2.75) is 64.1 Å². The molecule has 0 aliphatic carbocycles. The zero-order valence-corrected chi connectivity index (χ0v) is 11.5. The first-order valence-corrected chi connectivity index (χ1v) is 6.59. The van der Waals surface area contributed by atoms with Crippen molar-refractivity contribution in [2.24, 2.45) is 0 Å². The van der Waals surface area contributed by atoms with Crippen LogP contribution in [0.1, 0.15) is 46.5 Å². The maximum Gasteiger partial charge on any atom is 0.323 e. The highest BCUT2D eigenvalue weighted by atomic mass is 16.4. The molecule has 3 unspecified atom stereocenters. The Balaban J connectivity index is 2.56. The molecule has 4 nitrogen and oxygen atoms in total. The number of hydrogen-bond donors (Lipinski definition) is 2. The van der Waals surface area contributed by atoms with E-state index >= 15 is 0 Å². The van der Waals surface area contributed by atoms with Gasteiger partial charge in [0.25, 0.3) is 0 Å². The average Bonchev–Trinajstić information content (AvgIpc) is 2.27. The van der Waals surface area contributed by atoms with E-state index in [1.165, 1.54) is 19.3 Å². The summed E-state index contributed by atoms with van der Waals surface area (Å²) in [7, 11) is 1.72. The third kappa shape index (κ3) is 3.42. The molecule has 1 saturated heterocycles. The molecule has 0 aromatic heterocycles. The van der Waals surface area contributed by atoms with Crippen LogP contribution in [-0.2, 0) is 4.79 Å². The molecule has 1 rings (SSSR count). The van der Waals surface area contributed by atoms with Crippen LogP contribution >= 0.6 is 0 Å². The van der Waals surface area contributed by atoms with Crippen LogP contribution in [0.2, 0.25) is 0 Å². The molecule has 17 heavy (non-hydrogen) atoms. The number of rotatable bonds is 5. The van der Waals surface area contributed by atoms with Gasteiger partial charge in [0.1, 0.15) is 5.54 Å². The molecule has 0 amide bonds. The fraction of sp³-hybridized carbons (Fsp3) is 0.923. The number of likely N-dealkylation sites (tertiary alicyclic amines) is 1. The third-order valence-corrected chi connectivity index (χ3v) is 4.27. The molecule has 1 heterocycles. The maximum absolute atomic E-state index is 11.2. The standard InChI is InChI=1S/C13H26N2O2/c1-10-6-5-7-11(2)15(10)9-8-13(3,14-4)12(16)17/h10-11,14H,5-9H2,1-4H3,(H,16,17). The number of carbonyl (C=O) groups is 1. The van der Waals surface area contributed by atoms with E-state index in [0.717, 1.165) is 6.54 Å². The Morgan fingerprint density at radius 2 is 1.94 bits per heavy atom. The summed E-state index contributed by atoms with van der Waals surface area (Å²) in [6.07, 6.45) is 4.40. The molecule has 1 fully saturated rings. The monoisotopic (exact) mass is 242 g/mol. The van der Waals surface area contributed by atoms with Crippen LogP contribution < -0.4 is 5.32 Å². The number of nitrogens with zero attached hydrogens (tertiary/aromatic N) is 1. The minimum absolute atomic E-state index is 0.577. The Morgan fingerprint density at radius 1 is 1.41 bits per heavy atom. The summed E-state index contributed by atoms with van der Waals surface area (Å²) in [4.78, 5) is 13.7. The second kappa shape index (κ2) is 5.83. The molecular formula is C13H26N2O2. The minimum atomic E-state index is -0.809. The summed E-state index contributed by atoms with van der Waals surface area (Å²) in [5, 5.41) is 12.1. The quantitative estimate of drug-likeness (QED) is 0.770. The summed E-state index contributed by atoms with van der Waals surface area (Å²) in [6, 6.07) is 1.15. The van der Waals surface area contributed by atoms with Gasteiger partial charge in [0.2, 0.25) is 0 Å². The highest BCUT2D eigenvalue weighted by Gasteiger charge is 2.33. The molecule has 1 aliphatic rings. The van der Waals surface area contributed by atoms with Gasteiger partial charge in [-0.05, 0) is 47.1 Å². The molecule has 100 valence electrons. The minimum Gasteiger partial charge on any atom is -0.480 e. The second-order valence-electron chi connectivity index (χ2n) is 5.50. The zero-order chi connectivity index (χ0) is 13.1. The van der Waals surface area contributed by atoms with E-state index in [9.17, 15) is 9.90 Å². The van der Waals surface area contributed by atoms with Gasteiger partial charge in [-0.25, -0.2) is 0 Å². The lowest BCUT2D eigenvalue weighted by molar-refractivity contribution is -0.144. The Bertz CT molecular complexity index is 260. The van der Waals surface area contributed by atoms with Crippen LogP contribution in [-0.4, -0.2) is 47.2 Å². The number of piperidine rings is 1. The lowest BCUT2D eigenvalue weighted by Gasteiger charge is -2.40. The molecule has 0 aromatic carbocycles. The Kier molecular flexibility index (Phi) is 4.95. The van der Waals surface area contributed by atoms with Crippen molar-refractivity contribution >= 4 is 5.97 Å². The normalized spacial score (nSPS) is 29.9. The summed E-state index contributed by atoms with van der Waals surface area (Å²) >= 11 is 0. The van der Waals surface area contributed by atoms with Crippen molar-refractivity contribution in [1.82, 2.24) is 10.2 Å². The van der Waals surface area contributed by atoms with Gasteiger partial charge >= 0.3 is 5.97 Å². The summed E-state index contributed by atoms with van der Waals surface area (Å²) < 4.78 is 0. The SMILES string of the molecule is CNC(C)(CCN1C(C)CCCC1C)C(=O)O. The van der Waals surface area contributed by atoms with Crippen molar-refractivity contribution in [1.29, 1.82) is 0 Å². The van der Waals surface area contributed by atoms with Crippen molar-refractivity contribution < 1.29 is 9.90 Å². The van der Waals surface area contributed by atoms with E-state index in [4.69, 9.17) is 0 Å². The van der Waals surface area contributed by atoms with E-state index in [1.54, 1.807) is 14.0 Å². The van der Waals surface area contributed by atoms with Gasteiger partial charge < -0.3 is 10.4 Å². The number of hydrogen-bond acceptors (Lipinski definition) is 3. The van der Waals surface area contributed by atoms with E-state index in [-0.39, 0.29) is 0 Å². The first kappa shape index (κ1) is 14.5. The molecule has 0 aromatic rings. The Labute approximate surface area is 104 Å². The van der Waals surface area contributed by atoms with Crippen LogP contribution in [0.4, 0.5) is 0 Å². The molecule has 2 N–H and O–H groups in total. The van der Waals surface area contributed by atoms with Gasteiger partial charge in [-0.2, -0.15) is 0 Å². The first-order chi connectivity index (χ1) is 7.90. The molecule has 0 spiro atoms. The second-order valence-corrected chi connectivity index (χ2v) is 5.50. The van der Waals surface area contributed by atoms with Crippen molar-refractivity contribution in [3.63, 3.8) is 0 Å². The van der Waals surface area contributed by atoms with Crippen LogP contribution in [0.25, 0.3) is 0 Å². The van der Waals surface area contributed by atoms with Gasteiger partial charge in [-0.1, -0.05) is 6.42 Å². The first-order valence-electron chi connectivity index (χ1n) is 6.59. The van der Waals surface area contributed by atoms with E-state index in [0.29, 0.717) is 18.5 Å². The van der Waals surface area contributed by atoms with Crippen molar-refractivity contribution in [2.75, 3.05) is 13.6 Å². The largest absolute Gasteiger partial charge is 0.480 e. The highest BCUT2D eigenvalue weighted by molar-refractivity contribution is 5.78. The number of carboxylic acids is 1. The zero-order valence-electron chi connectivity index (χ0n) is 11.5. The maximum atomic E-state index is 11.2. The van der Waals surface area contributed by atoms with Crippen LogP contribution in [0.15, 0.2) is 0 Å². The van der Waals surface area contributed by atoms with Gasteiger partial charge in [0.15, 0.2) is 0 Å². The number of likely N-dealkylation sites (N-methyl/N-ethyl adjacent to an activating group) is 1. The lowest BCUT2D eigenvalue weighted by Crippen LogP contribution is -2.52. The van der Waals surface area contributed by atoms with Gasteiger partial charge in [-0.3, -0.25) is 9.69 Å². The van der Waals surface area contributed by atoms with Crippen molar-refractivity contribution in [3.05, 3.63) is 0 Å². The van der Waals surface area contributed by atoms with Gasteiger partial charge in [0.05, 0.1) is 0 Å². The summed E-state index contributed by atoms with van der Waals surface area (Å²) in [6.45, 7) is 7.10. The molecule has 0 radical (unpaired) electrons. The molecule has 0 saturated carbocycles.